The summed E-state index contributed by atoms with van der Waals surface area (Å²) in [5.41, 5.74) is 1.20. The van der Waals surface area contributed by atoms with Gasteiger partial charge in [0.1, 0.15) is 5.82 Å². The summed E-state index contributed by atoms with van der Waals surface area (Å²) in [4.78, 5) is 23.5. The summed E-state index contributed by atoms with van der Waals surface area (Å²) in [6.07, 6.45) is 4.56. The van der Waals surface area contributed by atoms with Gasteiger partial charge in [-0.15, -0.1) is 0 Å². The lowest BCUT2D eigenvalue weighted by Gasteiger charge is -2.29. The molecule has 0 unspecified atom stereocenters. The first-order chi connectivity index (χ1) is 11.6. The molecule has 2 saturated heterocycles. The van der Waals surface area contributed by atoms with Crippen LogP contribution in [0.1, 0.15) is 30.9 Å². The Bertz CT molecular complexity index is 558. The fourth-order valence-corrected chi connectivity index (χ4v) is 3.52. The third kappa shape index (κ3) is 4.05. The standard InChI is InChI=1S/C18H28N4O2/c1-20(2)17-14-15(5-7-19-17)16-4-3-8-22(16)18(23)6-9-21-10-12-24-13-11-21/h5,7,14,16H,3-4,6,8-13H2,1-2H3/t16-/m1/s1. The summed E-state index contributed by atoms with van der Waals surface area (Å²) in [5.74, 6) is 1.22. The Morgan fingerprint density at radius 3 is 2.88 bits per heavy atom. The second-order valence-electron chi connectivity index (χ2n) is 6.79. The first-order valence-electron chi connectivity index (χ1n) is 8.88. The molecule has 3 heterocycles. The lowest BCUT2D eigenvalue weighted by atomic mass is 10.1. The number of pyridine rings is 1. The van der Waals surface area contributed by atoms with Gasteiger partial charge in [-0.05, 0) is 30.5 Å². The molecule has 0 aliphatic carbocycles. The van der Waals surface area contributed by atoms with Crippen molar-refractivity contribution in [2.45, 2.75) is 25.3 Å². The number of aromatic nitrogens is 1. The number of rotatable bonds is 5. The highest BCUT2D eigenvalue weighted by Gasteiger charge is 2.30. The fourth-order valence-electron chi connectivity index (χ4n) is 3.52. The number of morpholine rings is 1. The van der Waals surface area contributed by atoms with Crippen LogP contribution in [-0.2, 0) is 9.53 Å². The van der Waals surface area contributed by atoms with Crippen molar-refractivity contribution in [3.63, 3.8) is 0 Å². The van der Waals surface area contributed by atoms with Crippen molar-refractivity contribution in [2.24, 2.45) is 0 Å². The van der Waals surface area contributed by atoms with Crippen LogP contribution in [0.15, 0.2) is 18.3 Å². The molecule has 1 aromatic heterocycles. The largest absolute Gasteiger partial charge is 0.379 e. The van der Waals surface area contributed by atoms with Crippen molar-refractivity contribution in [1.29, 1.82) is 0 Å². The van der Waals surface area contributed by atoms with Gasteiger partial charge in [-0.2, -0.15) is 0 Å². The first kappa shape index (κ1) is 17.2. The molecule has 0 bridgehead atoms. The van der Waals surface area contributed by atoms with Gasteiger partial charge in [0.2, 0.25) is 5.91 Å². The molecule has 0 saturated carbocycles. The first-order valence-corrected chi connectivity index (χ1v) is 8.88. The van der Waals surface area contributed by atoms with Crippen molar-refractivity contribution < 1.29 is 9.53 Å². The van der Waals surface area contributed by atoms with E-state index in [4.69, 9.17) is 4.74 Å². The van der Waals surface area contributed by atoms with Crippen LogP contribution < -0.4 is 4.90 Å². The predicted octanol–water partition coefficient (Wildman–Crippen LogP) is 1.53. The summed E-state index contributed by atoms with van der Waals surface area (Å²) in [6, 6.07) is 4.35. The van der Waals surface area contributed by atoms with Crippen molar-refractivity contribution in [2.75, 3.05) is 58.4 Å². The van der Waals surface area contributed by atoms with Crippen LogP contribution in [-0.4, -0.2) is 74.2 Å². The monoisotopic (exact) mass is 332 g/mol. The SMILES string of the molecule is CN(C)c1cc([C@H]2CCCN2C(=O)CCN2CCOCC2)ccn1. The topological polar surface area (TPSA) is 48.9 Å². The zero-order valence-electron chi connectivity index (χ0n) is 14.8. The third-order valence-corrected chi connectivity index (χ3v) is 4.93. The van der Waals surface area contributed by atoms with Crippen LogP contribution in [0, 0.1) is 0 Å². The molecule has 0 N–H and O–H groups in total. The molecular weight excluding hydrogens is 304 g/mol. The second kappa shape index (κ2) is 7.94. The Balaban J connectivity index is 1.62. The minimum Gasteiger partial charge on any atom is -0.379 e. The molecule has 6 nitrogen and oxygen atoms in total. The molecule has 6 heteroatoms. The van der Waals surface area contributed by atoms with Crippen molar-refractivity contribution in [3.05, 3.63) is 23.9 Å². The minimum atomic E-state index is 0.198. The van der Waals surface area contributed by atoms with E-state index in [1.165, 1.54) is 5.56 Å². The Morgan fingerprint density at radius 1 is 1.33 bits per heavy atom. The molecule has 0 aromatic carbocycles. The average molecular weight is 332 g/mol. The Labute approximate surface area is 144 Å². The Hall–Kier alpha value is -1.66. The van der Waals surface area contributed by atoms with Gasteiger partial charge in [0.05, 0.1) is 19.3 Å². The molecule has 2 fully saturated rings. The van der Waals surface area contributed by atoms with Gasteiger partial charge in [0, 0.05) is 52.9 Å². The zero-order valence-corrected chi connectivity index (χ0v) is 14.8. The number of hydrogen-bond acceptors (Lipinski definition) is 5. The van der Waals surface area contributed by atoms with E-state index in [2.05, 4.69) is 20.9 Å². The van der Waals surface area contributed by atoms with Crippen molar-refractivity contribution in [1.82, 2.24) is 14.8 Å². The van der Waals surface area contributed by atoms with E-state index in [-0.39, 0.29) is 11.9 Å². The number of nitrogens with zero attached hydrogens (tertiary/aromatic N) is 4. The van der Waals surface area contributed by atoms with Crippen LogP contribution in [0.4, 0.5) is 5.82 Å². The molecule has 0 radical (unpaired) electrons. The van der Waals surface area contributed by atoms with Crippen LogP contribution >= 0.6 is 0 Å². The predicted molar refractivity (Wildman–Crippen MR) is 94.1 cm³/mol. The van der Waals surface area contributed by atoms with Crippen LogP contribution in [0.2, 0.25) is 0 Å². The number of carbonyl (C=O) groups is 1. The minimum absolute atomic E-state index is 0.198. The zero-order chi connectivity index (χ0) is 16.9. The highest BCUT2D eigenvalue weighted by molar-refractivity contribution is 5.77. The van der Waals surface area contributed by atoms with Crippen molar-refractivity contribution in [3.8, 4) is 0 Å². The maximum Gasteiger partial charge on any atom is 0.224 e. The van der Waals surface area contributed by atoms with Gasteiger partial charge in [-0.3, -0.25) is 9.69 Å². The van der Waals surface area contributed by atoms with E-state index >= 15 is 0 Å². The normalized spacial score (nSPS) is 21.9. The van der Waals surface area contributed by atoms with Crippen LogP contribution in [0.25, 0.3) is 0 Å². The summed E-state index contributed by atoms with van der Waals surface area (Å²) in [7, 11) is 3.98. The highest BCUT2D eigenvalue weighted by atomic mass is 16.5. The van der Waals surface area contributed by atoms with E-state index in [0.717, 1.165) is 58.1 Å². The van der Waals surface area contributed by atoms with Gasteiger partial charge in [-0.1, -0.05) is 0 Å². The lowest BCUT2D eigenvalue weighted by Crippen LogP contribution is -2.39. The van der Waals surface area contributed by atoms with Crippen LogP contribution in [0.3, 0.4) is 0 Å². The van der Waals surface area contributed by atoms with Gasteiger partial charge in [0.15, 0.2) is 0 Å². The quantitative estimate of drug-likeness (QED) is 0.818. The highest BCUT2D eigenvalue weighted by Crippen LogP contribution is 2.33. The summed E-state index contributed by atoms with van der Waals surface area (Å²) in [5, 5.41) is 0. The number of anilines is 1. The molecule has 1 aromatic rings. The van der Waals surface area contributed by atoms with Crippen LogP contribution in [0.5, 0.6) is 0 Å². The smallest absolute Gasteiger partial charge is 0.224 e. The van der Waals surface area contributed by atoms with Gasteiger partial charge >= 0.3 is 0 Å². The molecule has 3 rings (SSSR count). The fraction of sp³-hybridized carbons (Fsp3) is 0.667. The van der Waals surface area contributed by atoms with Gasteiger partial charge in [0.25, 0.3) is 0 Å². The Morgan fingerprint density at radius 2 is 2.12 bits per heavy atom. The number of ether oxygens (including phenoxy) is 1. The van der Waals surface area contributed by atoms with E-state index in [1.807, 2.05) is 31.3 Å². The molecule has 2 aliphatic rings. The molecule has 132 valence electrons. The number of likely N-dealkylation sites (tertiary alicyclic amines) is 1. The average Bonchev–Trinajstić information content (AvgIpc) is 3.10. The van der Waals surface area contributed by atoms with Crippen molar-refractivity contribution >= 4 is 11.7 Å². The molecule has 0 spiro atoms. The third-order valence-electron chi connectivity index (χ3n) is 4.93. The maximum atomic E-state index is 12.7. The van der Waals surface area contributed by atoms with E-state index < -0.39 is 0 Å². The molecule has 2 aliphatic heterocycles. The van der Waals surface area contributed by atoms with Gasteiger partial charge in [-0.25, -0.2) is 4.98 Å². The number of hydrogen-bond donors (Lipinski definition) is 0. The number of carbonyl (C=O) groups excluding carboxylic acids is 1. The van der Waals surface area contributed by atoms with Gasteiger partial charge < -0.3 is 14.5 Å². The summed E-state index contributed by atoms with van der Waals surface area (Å²) >= 11 is 0. The van der Waals surface area contributed by atoms with E-state index in [9.17, 15) is 4.79 Å². The molecular formula is C18H28N4O2. The lowest BCUT2D eigenvalue weighted by molar-refractivity contribution is -0.132. The summed E-state index contributed by atoms with van der Waals surface area (Å²) < 4.78 is 5.36. The second-order valence-corrected chi connectivity index (χ2v) is 6.79. The van der Waals surface area contributed by atoms with E-state index in [1.54, 1.807) is 0 Å². The summed E-state index contributed by atoms with van der Waals surface area (Å²) in [6.45, 7) is 5.15. The van der Waals surface area contributed by atoms with E-state index in [0.29, 0.717) is 6.42 Å². The molecule has 1 atom stereocenters. The molecule has 24 heavy (non-hydrogen) atoms. The Kier molecular flexibility index (Phi) is 5.68. The number of amides is 1. The maximum absolute atomic E-state index is 12.7. The molecule has 1 amide bonds.